The molecule has 0 spiro atoms. The van der Waals surface area contributed by atoms with E-state index >= 15 is 0 Å². The van der Waals surface area contributed by atoms with Crippen molar-refractivity contribution >= 4 is 11.6 Å². The van der Waals surface area contributed by atoms with Crippen LogP contribution in [0.25, 0.3) is 0 Å². The number of rotatable bonds is 1. The van der Waals surface area contributed by atoms with Crippen LogP contribution < -0.4 is 15.4 Å². The van der Waals surface area contributed by atoms with Crippen LogP contribution in [0.3, 0.4) is 0 Å². The van der Waals surface area contributed by atoms with Gasteiger partial charge >= 0.3 is 0 Å². The van der Waals surface area contributed by atoms with Crippen molar-refractivity contribution < 1.29 is 14.6 Å². The predicted molar refractivity (Wildman–Crippen MR) is 71.4 cm³/mol. The van der Waals surface area contributed by atoms with Gasteiger partial charge in [0.2, 0.25) is 5.91 Å². The second kappa shape index (κ2) is 4.21. The molecule has 3 N–H and O–H groups in total. The monoisotopic (exact) mass is 262 g/mol. The van der Waals surface area contributed by atoms with Crippen LogP contribution in [0.4, 0.5) is 5.69 Å². The molecule has 1 aromatic carbocycles. The first kappa shape index (κ1) is 12.4. The Morgan fingerprint density at radius 2 is 2.37 bits per heavy atom. The van der Waals surface area contributed by atoms with E-state index in [-0.39, 0.29) is 19.0 Å². The second-order valence-electron chi connectivity index (χ2n) is 5.36. The highest BCUT2D eigenvalue weighted by Gasteiger charge is 2.39. The van der Waals surface area contributed by atoms with Gasteiger partial charge in [-0.05, 0) is 11.6 Å². The summed E-state index contributed by atoms with van der Waals surface area (Å²) in [6, 6.07) is 3.84. The van der Waals surface area contributed by atoms with E-state index in [1.54, 1.807) is 4.90 Å². The third-order valence-electron chi connectivity index (χ3n) is 3.93. The zero-order valence-corrected chi connectivity index (χ0v) is 11.0. The number of β-amino-alcohol motifs (C(OH)–C–C–N with tert-alkyl or cyclic N) is 1. The van der Waals surface area contributed by atoms with Gasteiger partial charge in [-0.25, -0.2) is 0 Å². The molecule has 3 rings (SSSR count). The highest BCUT2D eigenvalue weighted by molar-refractivity contribution is 5.95. The van der Waals surface area contributed by atoms with Crippen LogP contribution in [0.5, 0.6) is 5.75 Å². The van der Waals surface area contributed by atoms with Gasteiger partial charge in [-0.1, -0.05) is 6.07 Å². The van der Waals surface area contributed by atoms with Crippen molar-refractivity contribution in [2.24, 2.45) is 5.73 Å². The van der Waals surface area contributed by atoms with E-state index in [1.807, 2.05) is 12.1 Å². The summed E-state index contributed by atoms with van der Waals surface area (Å²) in [5, 5.41) is 10.4. The molecule has 2 aliphatic rings. The minimum atomic E-state index is -1.04. The van der Waals surface area contributed by atoms with Gasteiger partial charge < -0.3 is 20.5 Å². The number of hydrogen-bond acceptors (Lipinski definition) is 4. The number of aliphatic hydroxyl groups is 1. The van der Waals surface area contributed by atoms with Gasteiger partial charge in [0.25, 0.3) is 0 Å². The molecule has 5 heteroatoms. The molecule has 19 heavy (non-hydrogen) atoms. The number of hydrogen-bond donors (Lipinski definition) is 2. The Hall–Kier alpha value is -1.59. The quantitative estimate of drug-likeness (QED) is 0.759. The molecule has 1 unspecified atom stereocenters. The third kappa shape index (κ3) is 1.89. The first-order chi connectivity index (χ1) is 9.04. The number of fused-ring (bicyclic) bond motifs is 3. The fourth-order valence-corrected chi connectivity index (χ4v) is 2.97. The molecule has 0 aliphatic carbocycles. The van der Waals surface area contributed by atoms with Gasteiger partial charge in [0.05, 0.1) is 24.4 Å². The van der Waals surface area contributed by atoms with Crippen LogP contribution >= 0.6 is 0 Å². The maximum Gasteiger partial charge on any atom is 0.223 e. The van der Waals surface area contributed by atoms with E-state index in [9.17, 15) is 9.90 Å². The van der Waals surface area contributed by atoms with Gasteiger partial charge in [-0.2, -0.15) is 0 Å². The molecule has 0 saturated heterocycles. The minimum Gasteiger partial charge on any atom is -0.493 e. The van der Waals surface area contributed by atoms with Crippen molar-refractivity contribution in [2.75, 3.05) is 24.6 Å². The molecule has 5 nitrogen and oxygen atoms in total. The number of carbonyl (C=O) groups is 1. The Morgan fingerprint density at radius 1 is 1.58 bits per heavy atom. The van der Waals surface area contributed by atoms with Crippen molar-refractivity contribution in [3.8, 4) is 5.75 Å². The summed E-state index contributed by atoms with van der Waals surface area (Å²) in [4.78, 5) is 13.5. The van der Waals surface area contributed by atoms with Crippen molar-refractivity contribution in [2.45, 2.75) is 25.4 Å². The maximum absolute atomic E-state index is 11.9. The van der Waals surface area contributed by atoms with Gasteiger partial charge in [-0.3, -0.25) is 4.79 Å². The van der Waals surface area contributed by atoms with E-state index in [1.165, 1.54) is 6.92 Å². The molecule has 0 aromatic heterocycles. The summed E-state index contributed by atoms with van der Waals surface area (Å²) < 4.78 is 5.55. The SMILES string of the molecule is CC(=O)N1CC(O)(CN)Cc2ccc3c(c21)CCO3. The molecule has 0 fully saturated rings. The lowest BCUT2D eigenvalue weighted by molar-refractivity contribution is -0.117. The zero-order valence-electron chi connectivity index (χ0n) is 11.0. The molecular formula is C14H18N2O3. The normalized spacial score (nSPS) is 24.7. The smallest absolute Gasteiger partial charge is 0.223 e. The standard InChI is InChI=1S/C14H18N2O3/c1-9(17)16-8-14(18,7-15)6-10-2-3-12-11(13(10)16)4-5-19-12/h2-3,18H,4-8,15H2,1H3. The van der Waals surface area contributed by atoms with Gasteiger partial charge in [0.1, 0.15) is 5.75 Å². The topological polar surface area (TPSA) is 75.8 Å². The molecule has 1 amide bonds. The number of amides is 1. The molecule has 0 saturated carbocycles. The highest BCUT2D eigenvalue weighted by atomic mass is 16.5. The fourth-order valence-electron chi connectivity index (χ4n) is 2.97. The Morgan fingerprint density at radius 3 is 3.05 bits per heavy atom. The maximum atomic E-state index is 11.9. The molecule has 102 valence electrons. The van der Waals surface area contributed by atoms with E-state index in [0.717, 1.165) is 29.0 Å². The van der Waals surface area contributed by atoms with E-state index in [4.69, 9.17) is 10.5 Å². The van der Waals surface area contributed by atoms with Gasteiger partial charge in [0, 0.05) is 31.9 Å². The van der Waals surface area contributed by atoms with Crippen LogP contribution in [0, 0.1) is 0 Å². The van der Waals surface area contributed by atoms with E-state index in [2.05, 4.69) is 0 Å². The second-order valence-corrected chi connectivity index (χ2v) is 5.36. The molecule has 0 bridgehead atoms. The summed E-state index contributed by atoms with van der Waals surface area (Å²) in [7, 11) is 0. The lowest BCUT2D eigenvalue weighted by atomic mass is 9.86. The number of nitrogens with two attached hydrogens (primary N) is 1. The Kier molecular flexibility index (Phi) is 2.76. The van der Waals surface area contributed by atoms with Crippen LogP contribution in [-0.2, 0) is 17.6 Å². The van der Waals surface area contributed by atoms with Crippen molar-refractivity contribution in [3.05, 3.63) is 23.3 Å². The number of anilines is 1. The van der Waals surface area contributed by atoms with E-state index < -0.39 is 5.60 Å². The summed E-state index contributed by atoms with van der Waals surface area (Å²) in [5.41, 5.74) is 7.59. The molecule has 1 aromatic rings. The molecule has 2 aliphatic heterocycles. The van der Waals surface area contributed by atoms with Gasteiger partial charge in [0.15, 0.2) is 0 Å². The number of ether oxygens (including phenoxy) is 1. The Bertz CT molecular complexity index is 544. The minimum absolute atomic E-state index is 0.0758. The summed E-state index contributed by atoms with van der Waals surface area (Å²) in [6.45, 7) is 2.56. The summed E-state index contributed by atoms with van der Waals surface area (Å²) in [6.07, 6.45) is 1.29. The predicted octanol–water partition coefficient (Wildman–Crippen LogP) is 0.220. The van der Waals surface area contributed by atoms with Crippen LogP contribution in [0.2, 0.25) is 0 Å². The number of benzene rings is 1. The zero-order chi connectivity index (χ0) is 13.6. The average Bonchev–Trinajstić information content (AvgIpc) is 2.85. The van der Waals surface area contributed by atoms with E-state index in [0.29, 0.717) is 13.0 Å². The molecule has 0 radical (unpaired) electrons. The third-order valence-corrected chi connectivity index (χ3v) is 3.93. The Balaban J connectivity index is 2.15. The lowest BCUT2D eigenvalue weighted by Gasteiger charge is -2.40. The molecular weight excluding hydrogens is 244 g/mol. The first-order valence-electron chi connectivity index (χ1n) is 6.52. The van der Waals surface area contributed by atoms with Crippen molar-refractivity contribution in [1.29, 1.82) is 0 Å². The molecule has 1 atom stereocenters. The van der Waals surface area contributed by atoms with Crippen LogP contribution in [0.1, 0.15) is 18.1 Å². The molecule has 2 heterocycles. The van der Waals surface area contributed by atoms with Crippen molar-refractivity contribution in [3.63, 3.8) is 0 Å². The largest absolute Gasteiger partial charge is 0.493 e. The average molecular weight is 262 g/mol. The first-order valence-corrected chi connectivity index (χ1v) is 6.52. The summed E-state index contributed by atoms with van der Waals surface area (Å²) in [5.74, 6) is 0.774. The highest BCUT2D eigenvalue weighted by Crippen LogP contribution is 2.41. The van der Waals surface area contributed by atoms with Crippen LogP contribution in [-0.4, -0.2) is 36.3 Å². The Labute approximate surface area is 112 Å². The fraction of sp³-hybridized carbons (Fsp3) is 0.500. The van der Waals surface area contributed by atoms with Gasteiger partial charge in [-0.15, -0.1) is 0 Å². The number of nitrogens with zero attached hydrogens (tertiary/aromatic N) is 1. The number of carbonyl (C=O) groups excluding carboxylic acids is 1. The lowest BCUT2D eigenvalue weighted by Crippen LogP contribution is -2.54. The summed E-state index contributed by atoms with van der Waals surface area (Å²) >= 11 is 0. The van der Waals surface area contributed by atoms with Crippen LogP contribution in [0.15, 0.2) is 12.1 Å². The van der Waals surface area contributed by atoms with Crippen molar-refractivity contribution in [1.82, 2.24) is 0 Å².